The highest BCUT2D eigenvalue weighted by Gasteiger charge is 2.33. The summed E-state index contributed by atoms with van der Waals surface area (Å²) in [5, 5.41) is 1.17. The predicted molar refractivity (Wildman–Crippen MR) is 139 cm³/mol. The summed E-state index contributed by atoms with van der Waals surface area (Å²) in [5.74, 6) is 0.898. The Morgan fingerprint density at radius 1 is 1.09 bits per heavy atom. The van der Waals surface area contributed by atoms with E-state index in [4.69, 9.17) is 16.6 Å². The first-order chi connectivity index (χ1) is 16.5. The Balaban J connectivity index is 1.88. The van der Waals surface area contributed by atoms with E-state index in [1.165, 1.54) is 6.42 Å². The first-order valence-electron chi connectivity index (χ1n) is 12.6. The van der Waals surface area contributed by atoms with E-state index < -0.39 is 0 Å². The summed E-state index contributed by atoms with van der Waals surface area (Å²) in [6.45, 7) is 4.89. The molecule has 1 atom stereocenters. The van der Waals surface area contributed by atoms with Crippen LogP contribution in [-0.2, 0) is 4.79 Å². The quantitative estimate of drug-likeness (QED) is 0.361. The topological polar surface area (TPSA) is 55.2 Å². The van der Waals surface area contributed by atoms with E-state index in [1.807, 2.05) is 41.3 Å². The molecule has 0 spiro atoms. The smallest absolute Gasteiger partial charge is 0.266 e. The number of aromatic nitrogens is 2. The second-order valence-corrected chi connectivity index (χ2v) is 9.68. The first-order valence-corrected chi connectivity index (χ1v) is 13.0. The fraction of sp³-hybridized carbons (Fsp3) is 0.464. The third-order valence-electron chi connectivity index (χ3n) is 6.94. The van der Waals surface area contributed by atoms with Crippen molar-refractivity contribution in [2.75, 3.05) is 6.54 Å². The van der Waals surface area contributed by atoms with Gasteiger partial charge in [0, 0.05) is 17.5 Å². The molecule has 1 fully saturated rings. The Labute approximate surface area is 206 Å². The minimum Gasteiger partial charge on any atom is -0.332 e. The molecule has 3 aromatic rings. The second kappa shape index (κ2) is 11.2. The summed E-state index contributed by atoms with van der Waals surface area (Å²) in [6, 6.07) is 14.4. The van der Waals surface area contributed by atoms with Gasteiger partial charge in [-0.05, 0) is 62.1 Å². The molecular formula is C28H34ClN3O2. The molecule has 0 saturated heterocycles. The van der Waals surface area contributed by atoms with Crippen LogP contribution in [0.2, 0.25) is 5.02 Å². The molecule has 1 saturated carbocycles. The summed E-state index contributed by atoms with van der Waals surface area (Å²) in [4.78, 5) is 34.6. The van der Waals surface area contributed by atoms with Gasteiger partial charge in [-0.25, -0.2) is 4.98 Å². The maximum absolute atomic E-state index is 13.8. The Hall–Kier alpha value is -2.66. The van der Waals surface area contributed by atoms with Gasteiger partial charge in [0.15, 0.2) is 0 Å². The Morgan fingerprint density at radius 3 is 2.47 bits per heavy atom. The van der Waals surface area contributed by atoms with Gasteiger partial charge in [0.25, 0.3) is 5.56 Å². The number of carbonyl (C=O) groups excluding carboxylic acids is 1. The number of hydrogen-bond donors (Lipinski definition) is 0. The molecule has 2 aromatic carbocycles. The number of fused-ring (bicyclic) bond motifs is 1. The number of halogens is 1. The molecule has 34 heavy (non-hydrogen) atoms. The SMILES string of the molecule is CCCCN(C(=O)C1CCCCC1)C(CC)c1nc2ccccc2c(=O)n1-c1ccc(Cl)cc1. The predicted octanol–water partition coefficient (Wildman–Crippen LogP) is 6.70. The van der Waals surface area contributed by atoms with Crippen molar-refractivity contribution < 1.29 is 4.79 Å². The van der Waals surface area contributed by atoms with Crippen molar-refractivity contribution in [3.05, 3.63) is 69.7 Å². The lowest BCUT2D eigenvalue weighted by Gasteiger charge is -2.36. The normalized spacial score (nSPS) is 15.4. The van der Waals surface area contributed by atoms with E-state index in [-0.39, 0.29) is 23.4 Å². The number of para-hydroxylation sites is 1. The summed E-state index contributed by atoms with van der Waals surface area (Å²) < 4.78 is 1.68. The van der Waals surface area contributed by atoms with Crippen molar-refractivity contribution in [3.63, 3.8) is 0 Å². The van der Waals surface area contributed by atoms with E-state index in [1.54, 1.807) is 16.7 Å². The van der Waals surface area contributed by atoms with Crippen LogP contribution < -0.4 is 5.56 Å². The molecule has 180 valence electrons. The van der Waals surface area contributed by atoms with Gasteiger partial charge >= 0.3 is 0 Å². The van der Waals surface area contributed by atoms with Crippen molar-refractivity contribution >= 4 is 28.4 Å². The summed E-state index contributed by atoms with van der Waals surface area (Å²) in [5.41, 5.74) is 1.25. The average molecular weight is 480 g/mol. The van der Waals surface area contributed by atoms with Gasteiger partial charge in [0.2, 0.25) is 5.91 Å². The van der Waals surface area contributed by atoms with Crippen molar-refractivity contribution in [2.45, 2.75) is 71.3 Å². The molecule has 1 aromatic heterocycles. The van der Waals surface area contributed by atoms with Crippen LogP contribution in [0.3, 0.4) is 0 Å². The molecule has 6 heteroatoms. The fourth-order valence-electron chi connectivity index (χ4n) is 5.09. The standard InChI is InChI=1S/C28H34ClN3O2/c1-3-5-19-31(27(33)20-11-7-6-8-12-20)25(4-2)26-30-24-14-10-9-13-23(24)28(34)32(26)22-17-15-21(29)16-18-22/h9-10,13-18,20,25H,3-8,11-12,19H2,1-2H3. The lowest BCUT2D eigenvalue weighted by molar-refractivity contribution is -0.139. The van der Waals surface area contributed by atoms with Gasteiger partial charge in [0.05, 0.1) is 22.6 Å². The van der Waals surface area contributed by atoms with Crippen LogP contribution in [0.5, 0.6) is 0 Å². The third kappa shape index (κ3) is 5.05. The van der Waals surface area contributed by atoms with Gasteiger partial charge in [-0.2, -0.15) is 0 Å². The number of hydrogen-bond acceptors (Lipinski definition) is 3. The zero-order chi connectivity index (χ0) is 24.1. The molecule has 0 bridgehead atoms. The summed E-state index contributed by atoms with van der Waals surface area (Å²) in [6.07, 6.45) is 7.93. The van der Waals surface area contributed by atoms with E-state index in [2.05, 4.69) is 13.8 Å². The van der Waals surface area contributed by atoms with E-state index in [0.717, 1.165) is 38.5 Å². The largest absolute Gasteiger partial charge is 0.332 e. The number of nitrogens with zero attached hydrogens (tertiary/aromatic N) is 3. The lowest BCUT2D eigenvalue weighted by atomic mass is 9.87. The molecule has 1 aliphatic rings. The van der Waals surface area contributed by atoms with Gasteiger partial charge in [-0.3, -0.25) is 14.2 Å². The molecule has 1 aliphatic carbocycles. The van der Waals surface area contributed by atoms with Gasteiger partial charge in [-0.15, -0.1) is 0 Å². The second-order valence-electron chi connectivity index (χ2n) is 9.25. The number of amides is 1. The van der Waals surface area contributed by atoms with Gasteiger partial charge in [-0.1, -0.05) is 63.3 Å². The van der Waals surface area contributed by atoms with E-state index in [0.29, 0.717) is 40.4 Å². The Bertz CT molecular complexity index is 1180. The van der Waals surface area contributed by atoms with Crippen molar-refractivity contribution in [2.24, 2.45) is 5.92 Å². The van der Waals surface area contributed by atoms with Crippen molar-refractivity contribution in [1.29, 1.82) is 0 Å². The highest BCUT2D eigenvalue weighted by Crippen LogP contribution is 2.32. The molecule has 0 radical (unpaired) electrons. The van der Waals surface area contributed by atoms with Crippen LogP contribution in [0.25, 0.3) is 16.6 Å². The van der Waals surface area contributed by atoms with E-state index >= 15 is 0 Å². The first kappa shape index (κ1) is 24.5. The monoisotopic (exact) mass is 479 g/mol. The van der Waals surface area contributed by atoms with E-state index in [9.17, 15) is 9.59 Å². The summed E-state index contributed by atoms with van der Waals surface area (Å²) in [7, 11) is 0. The van der Waals surface area contributed by atoms with Gasteiger partial charge < -0.3 is 4.90 Å². The summed E-state index contributed by atoms with van der Waals surface area (Å²) >= 11 is 6.14. The maximum atomic E-state index is 13.8. The fourth-order valence-corrected chi connectivity index (χ4v) is 5.21. The minimum atomic E-state index is -0.283. The molecule has 1 amide bonds. The zero-order valence-corrected chi connectivity index (χ0v) is 20.9. The lowest BCUT2D eigenvalue weighted by Crippen LogP contribution is -2.42. The van der Waals surface area contributed by atoms with Gasteiger partial charge in [0.1, 0.15) is 5.82 Å². The molecular weight excluding hydrogens is 446 g/mol. The number of carbonyl (C=O) groups is 1. The van der Waals surface area contributed by atoms with Crippen LogP contribution in [0.1, 0.15) is 77.1 Å². The highest BCUT2D eigenvalue weighted by atomic mass is 35.5. The minimum absolute atomic E-state index is 0.0656. The van der Waals surface area contributed by atoms with Crippen LogP contribution in [0.15, 0.2) is 53.3 Å². The molecule has 0 aliphatic heterocycles. The number of rotatable bonds is 8. The molecule has 1 heterocycles. The number of benzene rings is 2. The van der Waals surface area contributed by atoms with Crippen LogP contribution >= 0.6 is 11.6 Å². The van der Waals surface area contributed by atoms with Crippen LogP contribution in [-0.4, -0.2) is 26.9 Å². The average Bonchev–Trinajstić information content (AvgIpc) is 2.87. The zero-order valence-electron chi connectivity index (χ0n) is 20.2. The molecule has 1 unspecified atom stereocenters. The number of unbranched alkanes of at least 4 members (excludes halogenated alkanes) is 1. The van der Waals surface area contributed by atoms with Crippen molar-refractivity contribution in [3.8, 4) is 5.69 Å². The van der Waals surface area contributed by atoms with Crippen molar-refractivity contribution in [1.82, 2.24) is 14.5 Å². The Kier molecular flexibility index (Phi) is 8.04. The van der Waals surface area contributed by atoms with Crippen LogP contribution in [0, 0.1) is 5.92 Å². The molecule has 5 nitrogen and oxygen atoms in total. The highest BCUT2D eigenvalue weighted by molar-refractivity contribution is 6.30. The maximum Gasteiger partial charge on any atom is 0.266 e. The van der Waals surface area contributed by atoms with Crippen LogP contribution in [0.4, 0.5) is 0 Å². The molecule has 0 N–H and O–H groups in total. The molecule has 4 rings (SSSR count). The Morgan fingerprint density at radius 2 is 1.79 bits per heavy atom. The third-order valence-corrected chi connectivity index (χ3v) is 7.19.